The topological polar surface area (TPSA) is 22.8 Å². The molecular formula is C37H27N3. The molecule has 0 amide bonds. The fourth-order valence-electron chi connectivity index (χ4n) is 5.82. The van der Waals surface area contributed by atoms with Crippen LogP contribution >= 0.6 is 0 Å². The molecule has 0 spiro atoms. The van der Waals surface area contributed by atoms with Crippen molar-refractivity contribution in [3.63, 3.8) is 0 Å². The highest BCUT2D eigenvalue weighted by molar-refractivity contribution is 6.11. The number of hydrogen-bond donors (Lipinski definition) is 0. The summed E-state index contributed by atoms with van der Waals surface area (Å²) in [6.45, 7) is 15.9. The zero-order chi connectivity index (χ0) is 27.4. The minimum atomic E-state index is 0.857. The van der Waals surface area contributed by atoms with Crippen molar-refractivity contribution in [3.8, 4) is 11.5 Å². The van der Waals surface area contributed by atoms with E-state index in [1.165, 1.54) is 10.8 Å². The van der Waals surface area contributed by atoms with Gasteiger partial charge in [0.05, 0.1) is 27.8 Å². The zero-order valence-electron chi connectivity index (χ0n) is 22.1. The van der Waals surface area contributed by atoms with E-state index in [0.29, 0.717) is 0 Å². The summed E-state index contributed by atoms with van der Waals surface area (Å²) in [5.41, 5.74) is 9.85. The Hall–Kier alpha value is -5.41. The molecule has 0 bridgehead atoms. The van der Waals surface area contributed by atoms with E-state index in [-0.39, 0.29) is 0 Å². The molecule has 0 aliphatic heterocycles. The van der Waals surface area contributed by atoms with E-state index in [1.54, 1.807) is 0 Å². The van der Waals surface area contributed by atoms with E-state index in [0.717, 1.165) is 66.6 Å². The molecule has 7 rings (SSSR count). The van der Waals surface area contributed by atoms with E-state index in [2.05, 4.69) is 120 Å². The average molecular weight is 514 g/mol. The quantitative estimate of drug-likeness (QED) is 0.217. The third-order valence-corrected chi connectivity index (χ3v) is 7.79. The molecule has 0 radical (unpaired) electrons. The van der Waals surface area contributed by atoms with Gasteiger partial charge < -0.3 is 4.57 Å². The van der Waals surface area contributed by atoms with Crippen molar-refractivity contribution in [2.75, 3.05) is 0 Å². The van der Waals surface area contributed by atoms with Crippen LogP contribution in [0, 0.1) is 0 Å². The minimum absolute atomic E-state index is 0.857. The number of aromatic nitrogens is 3. The smallest absolute Gasteiger partial charge is 0.139 e. The van der Waals surface area contributed by atoms with Gasteiger partial charge in [0.15, 0.2) is 0 Å². The molecule has 0 N–H and O–H groups in total. The van der Waals surface area contributed by atoms with Crippen LogP contribution in [0.2, 0.25) is 0 Å². The molecule has 0 saturated heterocycles. The minimum Gasteiger partial charge on any atom is -0.309 e. The molecule has 3 heteroatoms. The van der Waals surface area contributed by atoms with Crippen molar-refractivity contribution >= 4 is 67.9 Å². The molecular weight excluding hydrogens is 486 g/mol. The van der Waals surface area contributed by atoms with Gasteiger partial charge in [-0.3, -0.25) is 4.57 Å². The molecule has 0 aliphatic carbocycles. The molecule has 40 heavy (non-hydrogen) atoms. The Morgan fingerprint density at radius 1 is 0.450 bits per heavy atom. The average Bonchev–Trinajstić information content (AvgIpc) is 3.51. The standard InChI is InChI=1S/C37H27N3/c1-5-24-9-13-33-29(19-24)30-20-25(6-2)10-14-34(30)39(33)28-17-18-38-37(23-28)40-35-15-11-26(7-3)21-31(35)32-22-27(8-4)12-16-36(32)40/h5-23H,1-4H2. The van der Waals surface area contributed by atoms with Crippen LogP contribution < -0.4 is 0 Å². The van der Waals surface area contributed by atoms with Crippen molar-refractivity contribution < 1.29 is 0 Å². The molecule has 190 valence electrons. The highest BCUT2D eigenvalue weighted by atomic mass is 15.1. The summed E-state index contributed by atoms with van der Waals surface area (Å²) in [6.07, 6.45) is 9.45. The molecule has 7 aromatic rings. The molecule has 3 aromatic heterocycles. The first kappa shape index (κ1) is 23.7. The maximum atomic E-state index is 4.87. The maximum absolute atomic E-state index is 4.87. The second-order valence-electron chi connectivity index (χ2n) is 9.97. The van der Waals surface area contributed by atoms with Crippen molar-refractivity contribution in [1.29, 1.82) is 0 Å². The van der Waals surface area contributed by atoms with Crippen molar-refractivity contribution in [2.45, 2.75) is 0 Å². The third kappa shape index (κ3) is 3.49. The fraction of sp³-hybridized carbons (Fsp3) is 0. The Morgan fingerprint density at radius 3 is 1.20 bits per heavy atom. The second-order valence-corrected chi connectivity index (χ2v) is 9.97. The fourth-order valence-corrected chi connectivity index (χ4v) is 5.82. The molecule has 0 saturated carbocycles. The van der Waals surface area contributed by atoms with Crippen LogP contribution in [0.25, 0.3) is 79.4 Å². The molecule has 3 nitrogen and oxygen atoms in total. The summed E-state index contributed by atoms with van der Waals surface area (Å²) in [5, 5.41) is 4.68. The Labute approximate surface area is 232 Å². The predicted molar refractivity (Wildman–Crippen MR) is 173 cm³/mol. The summed E-state index contributed by atoms with van der Waals surface area (Å²) in [7, 11) is 0. The highest BCUT2D eigenvalue weighted by Gasteiger charge is 2.17. The number of rotatable bonds is 6. The highest BCUT2D eigenvalue weighted by Crippen LogP contribution is 2.36. The first-order valence-corrected chi connectivity index (χ1v) is 13.3. The van der Waals surface area contributed by atoms with Crippen LogP contribution in [-0.4, -0.2) is 14.1 Å². The summed E-state index contributed by atoms with van der Waals surface area (Å²) < 4.78 is 4.56. The lowest BCUT2D eigenvalue weighted by Crippen LogP contribution is -2.01. The third-order valence-electron chi connectivity index (χ3n) is 7.79. The van der Waals surface area contributed by atoms with Crippen molar-refractivity contribution in [3.05, 3.63) is 140 Å². The predicted octanol–water partition coefficient (Wildman–Crippen LogP) is 9.85. The van der Waals surface area contributed by atoms with Gasteiger partial charge in [0.1, 0.15) is 5.82 Å². The first-order chi connectivity index (χ1) is 19.6. The lowest BCUT2D eigenvalue weighted by molar-refractivity contribution is 1.06. The SMILES string of the molecule is C=Cc1ccc2c(c1)c1cc(C=C)ccc1n2-c1ccnc(-n2c3ccc(C=C)cc3c3cc(C=C)ccc32)c1. The van der Waals surface area contributed by atoms with E-state index in [9.17, 15) is 0 Å². The van der Waals surface area contributed by atoms with E-state index in [1.807, 2.05) is 30.5 Å². The number of hydrogen-bond acceptors (Lipinski definition) is 1. The molecule has 0 fully saturated rings. The van der Waals surface area contributed by atoms with Gasteiger partial charge in [0.25, 0.3) is 0 Å². The first-order valence-electron chi connectivity index (χ1n) is 13.3. The summed E-state index contributed by atoms with van der Waals surface area (Å²) in [5.74, 6) is 0.857. The van der Waals surface area contributed by atoms with Gasteiger partial charge in [-0.1, -0.05) is 74.9 Å². The van der Waals surface area contributed by atoms with Gasteiger partial charge >= 0.3 is 0 Å². The Morgan fingerprint density at radius 2 is 0.825 bits per heavy atom. The lowest BCUT2D eigenvalue weighted by atomic mass is 10.1. The van der Waals surface area contributed by atoms with Crippen molar-refractivity contribution in [1.82, 2.24) is 14.1 Å². The molecule has 0 atom stereocenters. The number of fused-ring (bicyclic) bond motifs is 6. The Kier molecular flexibility index (Phi) is 5.39. The van der Waals surface area contributed by atoms with E-state index >= 15 is 0 Å². The second kappa shape index (κ2) is 9.11. The largest absolute Gasteiger partial charge is 0.309 e. The number of nitrogens with zero attached hydrogens (tertiary/aromatic N) is 3. The monoisotopic (exact) mass is 513 g/mol. The summed E-state index contributed by atoms with van der Waals surface area (Å²) >= 11 is 0. The van der Waals surface area contributed by atoms with Crippen LogP contribution in [0.1, 0.15) is 22.3 Å². The number of pyridine rings is 1. The normalized spacial score (nSPS) is 11.4. The van der Waals surface area contributed by atoms with Gasteiger partial charge in [-0.2, -0.15) is 0 Å². The Bertz CT molecular complexity index is 1900. The van der Waals surface area contributed by atoms with Crippen molar-refractivity contribution in [2.24, 2.45) is 0 Å². The van der Waals surface area contributed by atoms with Gasteiger partial charge in [0, 0.05) is 33.8 Å². The van der Waals surface area contributed by atoms with Gasteiger partial charge in [0.2, 0.25) is 0 Å². The lowest BCUT2D eigenvalue weighted by Gasteiger charge is -2.12. The molecule has 3 heterocycles. The summed E-state index contributed by atoms with van der Waals surface area (Å²) in [4.78, 5) is 4.87. The number of benzene rings is 4. The van der Waals surface area contributed by atoms with Crippen LogP contribution in [0.5, 0.6) is 0 Å². The zero-order valence-corrected chi connectivity index (χ0v) is 22.1. The van der Waals surface area contributed by atoms with Crippen LogP contribution in [0.15, 0.2) is 117 Å². The van der Waals surface area contributed by atoms with E-state index < -0.39 is 0 Å². The van der Waals surface area contributed by atoms with Gasteiger partial charge in [-0.15, -0.1) is 0 Å². The van der Waals surface area contributed by atoms with Gasteiger partial charge in [-0.05, 0) is 76.9 Å². The Balaban J connectivity index is 1.53. The maximum Gasteiger partial charge on any atom is 0.139 e. The molecule has 4 aromatic carbocycles. The van der Waals surface area contributed by atoms with Crippen LogP contribution in [0.4, 0.5) is 0 Å². The summed E-state index contributed by atoms with van der Waals surface area (Å²) in [6, 6.07) is 30.1. The van der Waals surface area contributed by atoms with Crippen LogP contribution in [0.3, 0.4) is 0 Å². The van der Waals surface area contributed by atoms with Gasteiger partial charge in [-0.25, -0.2) is 4.98 Å². The molecule has 0 aliphatic rings. The molecule has 0 unspecified atom stereocenters. The van der Waals surface area contributed by atoms with Crippen LogP contribution in [-0.2, 0) is 0 Å². The van der Waals surface area contributed by atoms with E-state index in [4.69, 9.17) is 4.98 Å².